The Balaban J connectivity index is 2.26. The summed E-state index contributed by atoms with van der Waals surface area (Å²) < 4.78 is 1.93. The van der Waals surface area contributed by atoms with Gasteiger partial charge < -0.3 is 5.11 Å². The number of hydrogen-bond donors (Lipinski definition) is 2. The van der Waals surface area contributed by atoms with Gasteiger partial charge in [0.25, 0.3) is 0 Å². The highest BCUT2D eigenvalue weighted by atomic mass is 32.1. The quantitative estimate of drug-likeness (QED) is 0.796. The largest absolute Gasteiger partial charge is 0.493 e. The van der Waals surface area contributed by atoms with E-state index in [0.717, 1.165) is 11.4 Å². The molecule has 0 spiro atoms. The Kier molecular flexibility index (Phi) is 2.17. The first-order chi connectivity index (χ1) is 6.66. The second kappa shape index (κ2) is 3.34. The SMILES string of the molecule is Cc1ccc(C)n1Nc1nc(O)cs1. The lowest BCUT2D eigenvalue weighted by Gasteiger charge is -2.08. The van der Waals surface area contributed by atoms with Gasteiger partial charge >= 0.3 is 0 Å². The van der Waals surface area contributed by atoms with Crippen LogP contribution in [0.2, 0.25) is 0 Å². The molecule has 2 aromatic rings. The van der Waals surface area contributed by atoms with Gasteiger partial charge in [0.2, 0.25) is 11.0 Å². The third-order valence-electron chi connectivity index (χ3n) is 1.97. The minimum absolute atomic E-state index is 0.0555. The number of thiazole rings is 1. The highest BCUT2D eigenvalue weighted by molar-refractivity contribution is 7.13. The van der Waals surface area contributed by atoms with Gasteiger partial charge in [0.05, 0.1) is 5.38 Å². The van der Waals surface area contributed by atoms with Crippen molar-refractivity contribution in [2.24, 2.45) is 0 Å². The van der Waals surface area contributed by atoms with Crippen LogP contribution >= 0.6 is 11.3 Å². The van der Waals surface area contributed by atoms with E-state index in [1.807, 2.05) is 30.7 Å². The zero-order valence-electron chi connectivity index (χ0n) is 7.98. The van der Waals surface area contributed by atoms with Crippen molar-refractivity contribution in [1.82, 2.24) is 9.66 Å². The molecule has 0 amide bonds. The summed E-state index contributed by atoms with van der Waals surface area (Å²) in [6.07, 6.45) is 0. The van der Waals surface area contributed by atoms with Crippen molar-refractivity contribution in [3.63, 3.8) is 0 Å². The monoisotopic (exact) mass is 209 g/mol. The standard InChI is InChI=1S/C9H11N3OS/c1-6-3-4-7(2)12(6)11-9-10-8(13)5-14-9/h3-5,13H,1-2H3,(H,10,11). The van der Waals surface area contributed by atoms with Crippen LogP contribution in [-0.2, 0) is 0 Å². The van der Waals surface area contributed by atoms with E-state index >= 15 is 0 Å². The van der Waals surface area contributed by atoms with Crippen LogP contribution in [0.25, 0.3) is 0 Å². The second-order valence-electron chi connectivity index (χ2n) is 3.07. The van der Waals surface area contributed by atoms with Gasteiger partial charge in [0.1, 0.15) is 0 Å². The Labute approximate surface area is 85.8 Å². The van der Waals surface area contributed by atoms with E-state index in [2.05, 4.69) is 10.4 Å². The topological polar surface area (TPSA) is 50.1 Å². The summed E-state index contributed by atoms with van der Waals surface area (Å²) in [5, 5.41) is 11.3. The molecule has 0 aliphatic carbocycles. The van der Waals surface area contributed by atoms with E-state index in [9.17, 15) is 0 Å². The summed E-state index contributed by atoms with van der Waals surface area (Å²) in [7, 11) is 0. The lowest BCUT2D eigenvalue weighted by atomic mass is 10.5. The van der Waals surface area contributed by atoms with Crippen LogP contribution < -0.4 is 5.43 Å². The van der Waals surface area contributed by atoms with Gasteiger partial charge in [-0.15, -0.1) is 0 Å². The number of aromatic hydroxyl groups is 1. The smallest absolute Gasteiger partial charge is 0.223 e. The van der Waals surface area contributed by atoms with Crippen LogP contribution in [-0.4, -0.2) is 14.8 Å². The molecule has 5 heteroatoms. The highest BCUT2D eigenvalue weighted by Crippen LogP contribution is 2.20. The lowest BCUT2D eigenvalue weighted by molar-refractivity contribution is 0.457. The summed E-state index contributed by atoms with van der Waals surface area (Å²) in [6.45, 7) is 4.01. The van der Waals surface area contributed by atoms with Crippen molar-refractivity contribution in [2.45, 2.75) is 13.8 Å². The minimum Gasteiger partial charge on any atom is -0.493 e. The minimum atomic E-state index is 0.0555. The molecule has 2 heterocycles. The van der Waals surface area contributed by atoms with Crippen molar-refractivity contribution in [1.29, 1.82) is 0 Å². The van der Waals surface area contributed by atoms with Gasteiger partial charge in [-0.1, -0.05) is 11.3 Å². The number of rotatable bonds is 2. The molecule has 2 rings (SSSR count). The van der Waals surface area contributed by atoms with Crippen molar-refractivity contribution >= 4 is 16.5 Å². The van der Waals surface area contributed by atoms with Crippen LogP contribution in [0.1, 0.15) is 11.4 Å². The Morgan fingerprint density at radius 2 is 2.00 bits per heavy atom. The predicted octanol–water partition coefficient (Wildman–Crippen LogP) is 2.14. The van der Waals surface area contributed by atoms with E-state index in [1.54, 1.807) is 5.38 Å². The van der Waals surface area contributed by atoms with Crippen LogP contribution in [0.3, 0.4) is 0 Å². The molecule has 0 aliphatic rings. The number of nitrogens with one attached hydrogen (secondary N) is 1. The number of aromatic nitrogens is 2. The molecule has 0 aromatic carbocycles. The van der Waals surface area contributed by atoms with Gasteiger partial charge in [-0.25, -0.2) is 0 Å². The van der Waals surface area contributed by atoms with E-state index in [4.69, 9.17) is 5.11 Å². The fourth-order valence-corrected chi connectivity index (χ4v) is 1.82. The van der Waals surface area contributed by atoms with E-state index in [-0.39, 0.29) is 5.88 Å². The molecule has 0 radical (unpaired) electrons. The molecule has 4 nitrogen and oxygen atoms in total. The zero-order valence-corrected chi connectivity index (χ0v) is 8.80. The number of nitrogens with zero attached hydrogens (tertiary/aromatic N) is 2. The molecule has 0 fully saturated rings. The maximum atomic E-state index is 9.07. The molecule has 2 aromatic heterocycles. The van der Waals surface area contributed by atoms with E-state index in [1.165, 1.54) is 11.3 Å². The Morgan fingerprint density at radius 3 is 2.50 bits per heavy atom. The lowest BCUT2D eigenvalue weighted by Crippen LogP contribution is -2.11. The summed E-state index contributed by atoms with van der Waals surface area (Å²) in [5.74, 6) is 0.0555. The normalized spacial score (nSPS) is 10.4. The third kappa shape index (κ3) is 1.58. The summed E-state index contributed by atoms with van der Waals surface area (Å²) in [5.41, 5.74) is 5.32. The van der Waals surface area contributed by atoms with Crippen LogP contribution in [0.15, 0.2) is 17.5 Å². The first-order valence-electron chi connectivity index (χ1n) is 4.23. The van der Waals surface area contributed by atoms with Crippen molar-refractivity contribution in [3.8, 4) is 5.88 Å². The molecule has 0 bridgehead atoms. The number of aryl methyl sites for hydroxylation is 2. The molecule has 2 N–H and O–H groups in total. The van der Waals surface area contributed by atoms with Crippen LogP contribution in [0.5, 0.6) is 5.88 Å². The summed E-state index contributed by atoms with van der Waals surface area (Å²) >= 11 is 1.37. The van der Waals surface area contributed by atoms with Crippen LogP contribution in [0.4, 0.5) is 5.13 Å². The van der Waals surface area contributed by atoms with Crippen molar-refractivity contribution in [3.05, 3.63) is 28.9 Å². The number of anilines is 1. The average Bonchev–Trinajstić information content (AvgIpc) is 2.67. The Bertz CT molecular complexity index is 427. The molecule has 0 saturated carbocycles. The molecular formula is C9H11N3OS. The molecular weight excluding hydrogens is 198 g/mol. The fourth-order valence-electron chi connectivity index (χ4n) is 1.26. The average molecular weight is 209 g/mol. The molecule has 0 unspecified atom stereocenters. The first kappa shape index (κ1) is 9.08. The molecule has 0 atom stereocenters. The Hall–Kier alpha value is -1.49. The predicted molar refractivity (Wildman–Crippen MR) is 56.7 cm³/mol. The van der Waals surface area contributed by atoms with Gasteiger partial charge in [0, 0.05) is 11.4 Å². The van der Waals surface area contributed by atoms with Crippen LogP contribution in [0, 0.1) is 13.8 Å². The highest BCUT2D eigenvalue weighted by Gasteiger charge is 2.03. The molecule has 0 saturated heterocycles. The van der Waals surface area contributed by atoms with Crippen molar-refractivity contribution < 1.29 is 5.11 Å². The summed E-state index contributed by atoms with van der Waals surface area (Å²) in [4.78, 5) is 3.91. The zero-order chi connectivity index (χ0) is 10.1. The van der Waals surface area contributed by atoms with Gasteiger partial charge in [-0.2, -0.15) is 4.98 Å². The van der Waals surface area contributed by atoms with Gasteiger partial charge in [0.15, 0.2) is 0 Å². The molecule has 14 heavy (non-hydrogen) atoms. The fraction of sp³-hybridized carbons (Fsp3) is 0.222. The van der Waals surface area contributed by atoms with Crippen molar-refractivity contribution in [2.75, 3.05) is 5.43 Å². The maximum absolute atomic E-state index is 9.07. The third-order valence-corrected chi connectivity index (χ3v) is 2.71. The Morgan fingerprint density at radius 1 is 1.36 bits per heavy atom. The van der Waals surface area contributed by atoms with Gasteiger partial charge in [-0.3, -0.25) is 10.1 Å². The molecule has 74 valence electrons. The second-order valence-corrected chi connectivity index (χ2v) is 3.93. The van der Waals surface area contributed by atoms with E-state index in [0.29, 0.717) is 5.13 Å². The van der Waals surface area contributed by atoms with Gasteiger partial charge in [-0.05, 0) is 26.0 Å². The molecule has 0 aliphatic heterocycles. The number of hydrogen-bond acceptors (Lipinski definition) is 4. The summed E-state index contributed by atoms with van der Waals surface area (Å²) in [6, 6.07) is 4.05. The maximum Gasteiger partial charge on any atom is 0.223 e. The first-order valence-corrected chi connectivity index (χ1v) is 5.11. The van der Waals surface area contributed by atoms with E-state index < -0.39 is 0 Å².